The fraction of sp³-hybridized carbons (Fsp3) is 0. The highest BCUT2D eigenvalue weighted by molar-refractivity contribution is 7.22. The third-order valence-corrected chi connectivity index (χ3v) is 3.82. The van der Waals surface area contributed by atoms with Gasteiger partial charge in [-0.15, -0.1) is 11.3 Å². The lowest BCUT2D eigenvalue weighted by Crippen LogP contribution is -1.96. The van der Waals surface area contributed by atoms with E-state index in [2.05, 4.69) is 0 Å². The van der Waals surface area contributed by atoms with Crippen molar-refractivity contribution in [3.8, 4) is 0 Å². The minimum atomic E-state index is 0.0544. The maximum Gasteiger partial charge on any atom is 0.195 e. The largest absolute Gasteiger partial charge is 0.289 e. The molecular formula is C13H7ClOS. The Hall–Kier alpha value is -1.38. The van der Waals surface area contributed by atoms with Crippen LogP contribution in [0.4, 0.5) is 0 Å². The first-order valence-corrected chi connectivity index (χ1v) is 6.06. The van der Waals surface area contributed by atoms with E-state index in [1.54, 1.807) is 6.07 Å². The summed E-state index contributed by atoms with van der Waals surface area (Å²) in [5, 5.41) is 2.41. The topological polar surface area (TPSA) is 17.1 Å². The lowest BCUT2D eigenvalue weighted by molar-refractivity contribution is 1.77. The van der Waals surface area contributed by atoms with Gasteiger partial charge in [0.1, 0.15) is 0 Å². The number of halogens is 1. The van der Waals surface area contributed by atoms with Gasteiger partial charge in [0.05, 0.1) is 4.34 Å². The normalized spacial score (nSPS) is 11.1. The monoisotopic (exact) mass is 246 g/mol. The predicted molar refractivity (Wildman–Crippen MR) is 70.6 cm³/mol. The lowest BCUT2D eigenvalue weighted by atomic mass is 10.2. The molecule has 0 unspecified atom stereocenters. The van der Waals surface area contributed by atoms with E-state index in [1.807, 2.05) is 36.4 Å². The van der Waals surface area contributed by atoms with Gasteiger partial charge < -0.3 is 0 Å². The van der Waals surface area contributed by atoms with Crippen LogP contribution in [-0.4, -0.2) is 0 Å². The van der Waals surface area contributed by atoms with Crippen molar-refractivity contribution in [2.24, 2.45) is 0 Å². The molecule has 78 valence electrons. The molecule has 16 heavy (non-hydrogen) atoms. The minimum Gasteiger partial charge on any atom is -0.289 e. The lowest BCUT2D eigenvalue weighted by Gasteiger charge is -1.88. The first-order chi connectivity index (χ1) is 7.75. The molecule has 2 aromatic carbocycles. The van der Waals surface area contributed by atoms with Crippen LogP contribution in [-0.2, 0) is 0 Å². The Kier molecular flexibility index (Phi) is 2.20. The molecular weight excluding hydrogens is 240 g/mol. The zero-order valence-corrected chi connectivity index (χ0v) is 9.81. The fourth-order valence-electron chi connectivity index (χ4n) is 1.84. The van der Waals surface area contributed by atoms with Crippen molar-refractivity contribution in [1.82, 2.24) is 0 Å². The van der Waals surface area contributed by atoms with Crippen molar-refractivity contribution >= 4 is 43.8 Å². The molecule has 0 saturated carbocycles. The highest BCUT2D eigenvalue weighted by Gasteiger charge is 2.04. The summed E-state index contributed by atoms with van der Waals surface area (Å²) in [6.07, 6.45) is 0. The smallest absolute Gasteiger partial charge is 0.195 e. The average molecular weight is 247 g/mol. The maximum absolute atomic E-state index is 12.2. The van der Waals surface area contributed by atoms with Gasteiger partial charge in [-0.25, -0.2) is 0 Å². The molecule has 0 fully saturated rings. The van der Waals surface area contributed by atoms with Crippen LogP contribution in [0.1, 0.15) is 0 Å². The number of fused-ring (bicyclic) bond motifs is 2. The van der Waals surface area contributed by atoms with Crippen molar-refractivity contribution in [3.63, 3.8) is 0 Å². The molecule has 0 amide bonds. The van der Waals surface area contributed by atoms with Crippen molar-refractivity contribution < 1.29 is 0 Å². The second-order valence-electron chi connectivity index (χ2n) is 3.58. The van der Waals surface area contributed by atoms with Crippen LogP contribution >= 0.6 is 22.9 Å². The van der Waals surface area contributed by atoms with Crippen molar-refractivity contribution in [2.45, 2.75) is 0 Å². The van der Waals surface area contributed by atoms with Crippen LogP contribution in [0.15, 0.2) is 47.3 Å². The molecule has 3 heteroatoms. The molecule has 0 bridgehead atoms. The summed E-state index contributed by atoms with van der Waals surface area (Å²) < 4.78 is 1.59. The number of thiophene rings is 1. The average Bonchev–Trinajstić information content (AvgIpc) is 2.62. The first kappa shape index (κ1) is 9.82. The summed E-state index contributed by atoms with van der Waals surface area (Å²) in [6, 6.07) is 13.3. The Morgan fingerprint density at radius 2 is 1.81 bits per heavy atom. The Morgan fingerprint density at radius 3 is 2.69 bits per heavy atom. The van der Waals surface area contributed by atoms with Gasteiger partial charge in [0, 0.05) is 15.5 Å². The van der Waals surface area contributed by atoms with Gasteiger partial charge in [0.15, 0.2) is 5.43 Å². The molecule has 3 rings (SSSR count). The molecule has 1 aromatic heterocycles. The Morgan fingerprint density at radius 1 is 1.00 bits per heavy atom. The van der Waals surface area contributed by atoms with Crippen LogP contribution < -0.4 is 5.43 Å². The predicted octanol–water partition coefficient (Wildman–Crippen LogP) is 4.07. The van der Waals surface area contributed by atoms with Crippen LogP contribution in [0.3, 0.4) is 0 Å². The van der Waals surface area contributed by atoms with Crippen LogP contribution in [0.25, 0.3) is 20.9 Å². The summed E-state index contributed by atoms with van der Waals surface area (Å²) in [7, 11) is 0. The standard InChI is InChI=1S/C13H7ClOS/c14-12-7-10-11(16-12)6-5-8-3-1-2-4-9(8)13(10)15/h1-7H. The quantitative estimate of drug-likeness (QED) is 0.584. The Labute approximate surface area is 101 Å². The summed E-state index contributed by atoms with van der Waals surface area (Å²) in [6.45, 7) is 0. The highest BCUT2D eigenvalue weighted by Crippen LogP contribution is 2.27. The molecule has 0 radical (unpaired) electrons. The van der Waals surface area contributed by atoms with E-state index in [1.165, 1.54) is 11.3 Å². The molecule has 1 nitrogen and oxygen atoms in total. The number of rotatable bonds is 0. The molecule has 0 spiro atoms. The minimum absolute atomic E-state index is 0.0544. The van der Waals surface area contributed by atoms with Gasteiger partial charge in [0.25, 0.3) is 0 Å². The fourth-order valence-corrected chi connectivity index (χ4v) is 2.98. The summed E-state index contributed by atoms with van der Waals surface area (Å²) in [5.74, 6) is 0. The van der Waals surface area contributed by atoms with Gasteiger partial charge in [-0.1, -0.05) is 41.9 Å². The summed E-state index contributed by atoms with van der Waals surface area (Å²) in [5.41, 5.74) is 0.0544. The zero-order valence-electron chi connectivity index (χ0n) is 8.24. The van der Waals surface area contributed by atoms with Gasteiger partial charge >= 0.3 is 0 Å². The number of benzene rings is 1. The summed E-state index contributed by atoms with van der Waals surface area (Å²) >= 11 is 7.36. The van der Waals surface area contributed by atoms with E-state index in [9.17, 15) is 4.79 Å². The van der Waals surface area contributed by atoms with Gasteiger partial charge in [-0.05, 0) is 17.5 Å². The van der Waals surface area contributed by atoms with E-state index in [0.717, 1.165) is 15.5 Å². The van der Waals surface area contributed by atoms with Crippen molar-refractivity contribution in [2.75, 3.05) is 0 Å². The molecule has 0 saturated heterocycles. The Balaban J connectivity index is 2.66. The van der Waals surface area contributed by atoms with Gasteiger partial charge in [-0.2, -0.15) is 0 Å². The number of hydrogen-bond acceptors (Lipinski definition) is 2. The third-order valence-electron chi connectivity index (χ3n) is 2.60. The second-order valence-corrected chi connectivity index (χ2v) is 5.29. The second kappa shape index (κ2) is 3.58. The van der Waals surface area contributed by atoms with Crippen LogP contribution in [0.5, 0.6) is 0 Å². The molecule has 3 aromatic rings. The molecule has 0 aliphatic heterocycles. The van der Waals surface area contributed by atoms with Crippen LogP contribution in [0, 0.1) is 0 Å². The number of hydrogen-bond donors (Lipinski definition) is 0. The van der Waals surface area contributed by atoms with E-state index in [4.69, 9.17) is 11.6 Å². The summed E-state index contributed by atoms with van der Waals surface area (Å²) in [4.78, 5) is 12.2. The molecule has 0 atom stereocenters. The van der Waals surface area contributed by atoms with Gasteiger partial charge in [0.2, 0.25) is 0 Å². The zero-order chi connectivity index (χ0) is 11.1. The molecule has 0 aliphatic rings. The molecule has 1 heterocycles. The van der Waals surface area contributed by atoms with E-state index >= 15 is 0 Å². The maximum atomic E-state index is 12.2. The molecule has 0 N–H and O–H groups in total. The first-order valence-electron chi connectivity index (χ1n) is 4.87. The van der Waals surface area contributed by atoms with Crippen molar-refractivity contribution in [1.29, 1.82) is 0 Å². The van der Waals surface area contributed by atoms with Crippen molar-refractivity contribution in [3.05, 3.63) is 57.0 Å². The van der Waals surface area contributed by atoms with Crippen LogP contribution in [0.2, 0.25) is 4.34 Å². The SMILES string of the molecule is O=c1c2ccccc2ccc2sc(Cl)cc12. The van der Waals surface area contributed by atoms with E-state index in [0.29, 0.717) is 9.72 Å². The van der Waals surface area contributed by atoms with E-state index in [-0.39, 0.29) is 5.43 Å². The molecule has 0 aliphatic carbocycles. The third kappa shape index (κ3) is 1.42. The van der Waals surface area contributed by atoms with E-state index < -0.39 is 0 Å². The van der Waals surface area contributed by atoms with Gasteiger partial charge in [-0.3, -0.25) is 4.79 Å². The Bertz CT molecular complexity index is 746. The highest BCUT2D eigenvalue weighted by atomic mass is 35.5.